The number of benzene rings is 2. The van der Waals surface area contributed by atoms with Crippen LogP contribution in [-0.2, 0) is 0 Å². The van der Waals surface area contributed by atoms with Crippen LogP contribution in [0.5, 0.6) is 0 Å². The number of anilines is 3. The van der Waals surface area contributed by atoms with Gasteiger partial charge < -0.3 is 10.6 Å². The number of nitriles is 1. The van der Waals surface area contributed by atoms with Crippen LogP contribution in [0.1, 0.15) is 62.5 Å². The van der Waals surface area contributed by atoms with Gasteiger partial charge in [0.05, 0.1) is 55.8 Å². The number of likely N-dealkylation sites (tertiary alicyclic amines) is 1. The second kappa shape index (κ2) is 13.0. The van der Waals surface area contributed by atoms with Gasteiger partial charge in [0.25, 0.3) is 0 Å². The number of pyridine rings is 2. The van der Waals surface area contributed by atoms with Crippen molar-refractivity contribution in [2.45, 2.75) is 51.2 Å². The van der Waals surface area contributed by atoms with Gasteiger partial charge in [-0.25, -0.2) is 9.07 Å². The fraction of sp³-hybridized carbons (Fsp3) is 0.303. The molecule has 0 aliphatic carbocycles. The van der Waals surface area contributed by atoms with Crippen LogP contribution in [0.3, 0.4) is 0 Å². The molecular weight excluding hydrogens is 648 g/mol. The fourth-order valence-electron chi connectivity index (χ4n) is 5.76. The summed E-state index contributed by atoms with van der Waals surface area (Å²) in [5.74, 6) is -0.743. The number of fused-ring (bicyclic) bond motifs is 1. The Morgan fingerprint density at radius 3 is 2.54 bits per heavy atom. The van der Waals surface area contributed by atoms with Crippen LogP contribution in [0, 0.1) is 17.1 Å². The molecule has 2 N–H and O–H groups in total. The molecule has 6 rings (SSSR count). The Balaban J connectivity index is 1.36. The third kappa shape index (κ3) is 6.46. The van der Waals surface area contributed by atoms with Crippen LogP contribution in [0.4, 0.5) is 21.5 Å². The SMILES string of the molecule is CC(C)(C)N1CCC(n2cc(C(Nc3cc(Cl)c4ncc(C#N)c(Nc5ccc(Cl)c(Cl)c5F)c4c3)c3cccnc3)nn2)CC1. The quantitative estimate of drug-likeness (QED) is 0.165. The van der Waals surface area contributed by atoms with Gasteiger partial charge in [-0.05, 0) is 69.5 Å². The number of piperidine rings is 1. The van der Waals surface area contributed by atoms with Crippen molar-refractivity contribution in [3.05, 3.63) is 98.9 Å². The molecule has 2 aromatic carbocycles. The smallest absolute Gasteiger partial charge is 0.166 e. The zero-order valence-corrected chi connectivity index (χ0v) is 27.7. The van der Waals surface area contributed by atoms with E-state index in [1.54, 1.807) is 18.5 Å². The molecule has 0 radical (unpaired) electrons. The maximum Gasteiger partial charge on any atom is 0.166 e. The summed E-state index contributed by atoms with van der Waals surface area (Å²) in [6.45, 7) is 8.71. The molecule has 1 aliphatic rings. The number of nitrogens with one attached hydrogen (secondary N) is 2. The number of nitrogens with zero attached hydrogens (tertiary/aromatic N) is 7. The summed E-state index contributed by atoms with van der Waals surface area (Å²) in [4.78, 5) is 11.2. The van der Waals surface area contributed by atoms with Crippen LogP contribution in [0.2, 0.25) is 15.1 Å². The highest BCUT2D eigenvalue weighted by atomic mass is 35.5. The van der Waals surface area contributed by atoms with Crippen molar-refractivity contribution in [3.63, 3.8) is 0 Å². The van der Waals surface area contributed by atoms with E-state index in [0.29, 0.717) is 33.0 Å². The van der Waals surface area contributed by atoms with Crippen molar-refractivity contribution >= 4 is 62.8 Å². The van der Waals surface area contributed by atoms with Gasteiger partial charge in [0.1, 0.15) is 11.8 Å². The van der Waals surface area contributed by atoms with E-state index in [1.807, 2.05) is 29.1 Å². The summed E-state index contributed by atoms with van der Waals surface area (Å²) in [5, 5.41) is 26.3. The first kappa shape index (κ1) is 32.0. The van der Waals surface area contributed by atoms with E-state index in [4.69, 9.17) is 34.8 Å². The molecule has 4 heterocycles. The van der Waals surface area contributed by atoms with Crippen molar-refractivity contribution in [2.75, 3.05) is 23.7 Å². The molecule has 3 aromatic heterocycles. The lowest BCUT2D eigenvalue weighted by Crippen LogP contribution is -2.46. The molecule has 1 atom stereocenters. The zero-order chi connectivity index (χ0) is 32.6. The van der Waals surface area contributed by atoms with Gasteiger partial charge in [-0.1, -0.05) is 46.1 Å². The molecule has 0 bridgehead atoms. The Kier molecular flexibility index (Phi) is 9.03. The van der Waals surface area contributed by atoms with Gasteiger partial charge in [-0.3, -0.25) is 14.9 Å². The van der Waals surface area contributed by atoms with Crippen LogP contribution in [0.15, 0.2) is 61.2 Å². The van der Waals surface area contributed by atoms with E-state index in [9.17, 15) is 5.26 Å². The minimum absolute atomic E-state index is 0.0473. The van der Waals surface area contributed by atoms with Crippen molar-refractivity contribution in [1.82, 2.24) is 29.9 Å². The molecule has 0 saturated carbocycles. The maximum atomic E-state index is 15.1. The van der Waals surface area contributed by atoms with Gasteiger partial charge in [-0.15, -0.1) is 5.10 Å². The third-order valence-corrected chi connectivity index (χ3v) is 9.35. The monoisotopic (exact) mass is 677 g/mol. The van der Waals surface area contributed by atoms with Crippen LogP contribution < -0.4 is 10.6 Å². The first-order valence-electron chi connectivity index (χ1n) is 14.8. The summed E-state index contributed by atoms with van der Waals surface area (Å²) in [6.07, 6.45) is 8.82. The first-order valence-corrected chi connectivity index (χ1v) is 15.9. The number of aromatic nitrogens is 5. The lowest BCUT2D eigenvalue weighted by Gasteiger charge is -2.40. The zero-order valence-electron chi connectivity index (χ0n) is 25.4. The maximum absolute atomic E-state index is 15.1. The highest BCUT2D eigenvalue weighted by Gasteiger charge is 2.29. The van der Waals surface area contributed by atoms with Gasteiger partial charge in [-0.2, -0.15) is 5.26 Å². The van der Waals surface area contributed by atoms with Gasteiger partial charge in [0, 0.05) is 48.3 Å². The first-order chi connectivity index (χ1) is 22.0. The number of hydrogen-bond donors (Lipinski definition) is 2. The number of hydrogen-bond acceptors (Lipinski definition) is 8. The largest absolute Gasteiger partial charge is 0.373 e. The molecule has 46 heavy (non-hydrogen) atoms. The van der Waals surface area contributed by atoms with E-state index in [1.165, 1.54) is 18.3 Å². The highest BCUT2D eigenvalue weighted by Crippen LogP contribution is 2.39. The molecule has 236 valence electrons. The Morgan fingerprint density at radius 1 is 1.07 bits per heavy atom. The normalized spacial score (nSPS) is 15.1. The van der Waals surface area contributed by atoms with E-state index < -0.39 is 11.9 Å². The lowest BCUT2D eigenvalue weighted by atomic mass is 9.98. The molecule has 0 amide bonds. The molecule has 13 heteroatoms. The minimum Gasteiger partial charge on any atom is -0.373 e. The van der Waals surface area contributed by atoms with E-state index in [-0.39, 0.29) is 32.9 Å². The lowest BCUT2D eigenvalue weighted by molar-refractivity contribution is 0.0866. The summed E-state index contributed by atoms with van der Waals surface area (Å²) < 4.78 is 17.0. The van der Waals surface area contributed by atoms with Gasteiger partial charge >= 0.3 is 0 Å². The number of rotatable bonds is 7. The molecule has 1 fully saturated rings. The molecule has 9 nitrogen and oxygen atoms in total. The van der Waals surface area contributed by atoms with Crippen LogP contribution in [0.25, 0.3) is 10.9 Å². The van der Waals surface area contributed by atoms with Crippen molar-refractivity contribution in [2.24, 2.45) is 0 Å². The summed E-state index contributed by atoms with van der Waals surface area (Å²) >= 11 is 18.8. The van der Waals surface area contributed by atoms with Crippen molar-refractivity contribution < 1.29 is 4.39 Å². The predicted octanol–water partition coefficient (Wildman–Crippen LogP) is 8.57. The Morgan fingerprint density at radius 2 is 1.85 bits per heavy atom. The number of halogens is 4. The van der Waals surface area contributed by atoms with E-state index in [2.05, 4.69) is 62.7 Å². The molecule has 5 aromatic rings. The molecular formula is C33H31Cl3FN9. The van der Waals surface area contributed by atoms with Crippen LogP contribution >= 0.6 is 34.8 Å². The van der Waals surface area contributed by atoms with E-state index >= 15 is 4.39 Å². The standard InChI is InChI=1S/C33H31Cl3FN9/c1-33(2,3)45-11-8-22(9-12-45)46-18-27(43-44-46)31(19-5-4-10-39-16-19)41-21-13-23-30(20(15-38)17-40-32(23)25(35)14-21)42-26-7-6-24(34)28(36)29(26)37/h4-7,10,13-14,16-18,22,31,41H,8-9,11-12H2,1-3H3,(H,40,42). The van der Waals surface area contributed by atoms with Gasteiger partial charge in [0.15, 0.2) is 5.82 Å². The molecule has 0 spiro atoms. The summed E-state index contributed by atoms with van der Waals surface area (Å²) in [7, 11) is 0. The Hall–Kier alpha value is -4.01. The molecule has 1 aliphatic heterocycles. The van der Waals surface area contributed by atoms with Crippen molar-refractivity contribution in [1.29, 1.82) is 5.26 Å². The Labute approximate surface area is 281 Å². The average Bonchev–Trinajstić information content (AvgIpc) is 3.54. The van der Waals surface area contributed by atoms with Crippen LogP contribution in [-0.4, -0.2) is 48.5 Å². The summed E-state index contributed by atoms with van der Waals surface area (Å²) in [6, 6.07) is 12.3. The second-order valence-corrected chi connectivity index (χ2v) is 13.4. The Bertz CT molecular complexity index is 1930. The second-order valence-electron chi connectivity index (χ2n) is 12.2. The topological polar surface area (TPSA) is 108 Å². The highest BCUT2D eigenvalue weighted by molar-refractivity contribution is 6.42. The average molecular weight is 679 g/mol. The summed E-state index contributed by atoms with van der Waals surface area (Å²) in [5.41, 5.74) is 3.32. The molecule has 1 unspecified atom stereocenters. The predicted molar refractivity (Wildman–Crippen MR) is 180 cm³/mol. The van der Waals surface area contributed by atoms with Gasteiger partial charge in [0.2, 0.25) is 0 Å². The fourth-order valence-corrected chi connectivity index (χ4v) is 6.34. The third-order valence-electron chi connectivity index (χ3n) is 8.28. The minimum atomic E-state index is -0.743. The van der Waals surface area contributed by atoms with Crippen molar-refractivity contribution in [3.8, 4) is 6.07 Å². The van der Waals surface area contributed by atoms with E-state index in [0.717, 1.165) is 31.5 Å². The molecule has 1 saturated heterocycles.